The fraction of sp³-hybridized carbons (Fsp3) is 0.263. The molecule has 0 fully saturated rings. The number of aromatic nitrogens is 2. The third-order valence-corrected chi connectivity index (χ3v) is 4.70. The van der Waals surface area contributed by atoms with Crippen molar-refractivity contribution in [3.8, 4) is 11.4 Å². The second-order valence-corrected chi connectivity index (χ2v) is 6.89. The molecule has 5 nitrogen and oxygen atoms in total. The van der Waals surface area contributed by atoms with Crippen molar-refractivity contribution in [1.29, 1.82) is 0 Å². The van der Waals surface area contributed by atoms with Crippen LogP contribution in [0.25, 0.3) is 22.4 Å². The lowest BCUT2D eigenvalue weighted by Crippen LogP contribution is -2.40. The van der Waals surface area contributed by atoms with Gasteiger partial charge in [-0.05, 0) is 36.1 Å². The molecule has 3 aromatic rings. The third kappa shape index (κ3) is 5.00. The van der Waals surface area contributed by atoms with Gasteiger partial charge in [0.1, 0.15) is 5.82 Å². The van der Waals surface area contributed by atoms with Gasteiger partial charge in [0.2, 0.25) is 5.91 Å². The maximum atomic E-state index is 11.9. The van der Waals surface area contributed by atoms with Crippen LogP contribution < -0.4 is 11.1 Å². The minimum absolute atomic E-state index is 0. The summed E-state index contributed by atoms with van der Waals surface area (Å²) in [5, 5.41) is 2.89. The molecule has 1 heterocycles. The van der Waals surface area contributed by atoms with Crippen molar-refractivity contribution in [2.24, 2.45) is 5.73 Å². The highest BCUT2D eigenvalue weighted by atomic mass is 35.5. The maximum absolute atomic E-state index is 11.9. The number of thioether (sulfide) groups is 1. The van der Waals surface area contributed by atoms with Crippen LogP contribution in [0.1, 0.15) is 12.0 Å². The number of nitrogens with zero attached hydrogens (tertiary/aromatic N) is 1. The molecule has 0 spiro atoms. The lowest BCUT2D eigenvalue weighted by Gasteiger charge is -2.11. The Balaban J connectivity index is 0.00000243. The molecule has 0 aliphatic heterocycles. The number of imidazole rings is 1. The first kappa shape index (κ1) is 20.3. The molecule has 0 aliphatic rings. The minimum atomic E-state index is -0.442. The number of rotatable bonds is 7. The van der Waals surface area contributed by atoms with Gasteiger partial charge in [0.25, 0.3) is 0 Å². The van der Waals surface area contributed by atoms with Crippen molar-refractivity contribution in [2.75, 3.05) is 12.0 Å². The summed E-state index contributed by atoms with van der Waals surface area (Å²) >= 11 is 1.69. The van der Waals surface area contributed by atoms with E-state index in [4.69, 9.17) is 5.73 Å². The number of H-pyrrole nitrogens is 1. The van der Waals surface area contributed by atoms with Crippen molar-refractivity contribution in [1.82, 2.24) is 15.3 Å². The van der Waals surface area contributed by atoms with Crippen LogP contribution >= 0.6 is 24.2 Å². The number of benzene rings is 2. The zero-order valence-corrected chi connectivity index (χ0v) is 16.2. The Morgan fingerprint density at radius 2 is 1.96 bits per heavy atom. The van der Waals surface area contributed by atoms with E-state index in [-0.39, 0.29) is 18.3 Å². The van der Waals surface area contributed by atoms with Crippen LogP contribution in [-0.4, -0.2) is 33.9 Å². The van der Waals surface area contributed by atoms with Gasteiger partial charge in [-0.15, -0.1) is 12.4 Å². The van der Waals surface area contributed by atoms with Gasteiger partial charge in [-0.25, -0.2) is 4.98 Å². The number of nitrogens with one attached hydrogen (secondary N) is 2. The summed E-state index contributed by atoms with van der Waals surface area (Å²) < 4.78 is 0. The SMILES string of the molecule is CSCC[C@H](N)C(=O)NCc1ccc(-c2nc3ccccc3[nH]2)cc1.Cl. The number of fused-ring (bicyclic) bond motifs is 1. The first-order valence-corrected chi connectivity index (χ1v) is 9.63. The van der Waals surface area contributed by atoms with Crippen molar-refractivity contribution >= 4 is 41.1 Å². The smallest absolute Gasteiger partial charge is 0.237 e. The molecule has 1 atom stereocenters. The van der Waals surface area contributed by atoms with E-state index in [1.165, 1.54) is 0 Å². The van der Waals surface area contributed by atoms with E-state index in [2.05, 4.69) is 15.3 Å². The average Bonchev–Trinajstić information content (AvgIpc) is 3.08. The molecule has 0 saturated carbocycles. The Hall–Kier alpha value is -2.02. The summed E-state index contributed by atoms with van der Waals surface area (Å²) in [4.78, 5) is 19.9. The minimum Gasteiger partial charge on any atom is -0.351 e. The number of amides is 1. The molecule has 7 heteroatoms. The van der Waals surface area contributed by atoms with Gasteiger partial charge < -0.3 is 16.0 Å². The van der Waals surface area contributed by atoms with E-state index >= 15 is 0 Å². The molecule has 138 valence electrons. The zero-order chi connectivity index (χ0) is 17.6. The third-order valence-electron chi connectivity index (χ3n) is 4.05. The maximum Gasteiger partial charge on any atom is 0.237 e. The van der Waals surface area contributed by atoms with Crippen molar-refractivity contribution < 1.29 is 4.79 Å². The Morgan fingerprint density at radius 3 is 2.65 bits per heavy atom. The Morgan fingerprint density at radius 1 is 1.23 bits per heavy atom. The summed E-state index contributed by atoms with van der Waals surface area (Å²) in [6.07, 6.45) is 2.70. The van der Waals surface area contributed by atoms with Gasteiger partial charge in [0.05, 0.1) is 17.1 Å². The van der Waals surface area contributed by atoms with Crippen molar-refractivity contribution in [3.63, 3.8) is 0 Å². The summed E-state index contributed by atoms with van der Waals surface area (Å²) in [6, 6.07) is 15.5. The molecular weight excluding hydrogens is 368 g/mol. The predicted octanol–water partition coefficient (Wildman–Crippen LogP) is 3.35. The molecule has 2 aromatic carbocycles. The molecule has 0 bridgehead atoms. The number of hydrogen-bond acceptors (Lipinski definition) is 4. The lowest BCUT2D eigenvalue weighted by atomic mass is 10.1. The first-order valence-electron chi connectivity index (χ1n) is 8.23. The van der Waals surface area contributed by atoms with E-state index in [1.807, 2.05) is 54.8 Å². The Labute approximate surface area is 163 Å². The highest BCUT2D eigenvalue weighted by Gasteiger charge is 2.12. The summed E-state index contributed by atoms with van der Waals surface area (Å²) in [5.41, 5.74) is 9.89. The van der Waals surface area contributed by atoms with Gasteiger partial charge in [-0.2, -0.15) is 11.8 Å². The highest BCUT2D eigenvalue weighted by Crippen LogP contribution is 2.20. The molecule has 0 radical (unpaired) electrons. The molecule has 1 aromatic heterocycles. The number of carbonyl (C=O) groups excluding carboxylic acids is 1. The number of para-hydroxylation sites is 2. The standard InChI is InChI=1S/C19H22N4OS.ClH/c1-25-11-10-15(20)19(24)21-12-13-6-8-14(9-7-13)18-22-16-4-2-3-5-17(16)23-18;/h2-9,15H,10-12,20H2,1H3,(H,21,24)(H,22,23);1H/t15-;/m0./s1. The fourth-order valence-corrected chi connectivity index (χ4v) is 3.06. The molecule has 4 N–H and O–H groups in total. The highest BCUT2D eigenvalue weighted by molar-refractivity contribution is 7.98. The van der Waals surface area contributed by atoms with Crippen LogP contribution in [0.2, 0.25) is 0 Å². The summed E-state index contributed by atoms with van der Waals surface area (Å²) in [7, 11) is 0. The van der Waals surface area contributed by atoms with Gasteiger partial charge in [-0.1, -0.05) is 36.4 Å². The molecule has 1 amide bonds. The number of carbonyl (C=O) groups is 1. The number of aromatic amines is 1. The van der Waals surface area contributed by atoms with E-state index < -0.39 is 6.04 Å². The van der Waals surface area contributed by atoms with Crippen molar-refractivity contribution in [2.45, 2.75) is 19.0 Å². The van der Waals surface area contributed by atoms with Crippen LogP contribution in [0, 0.1) is 0 Å². The van der Waals surface area contributed by atoms with E-state index in [0.717, 1.165) is 33.7 Å². The molecule has 0 saturated heterocycles. The predicted molar refractivity (Wildman–Crippen MR) is 112 cm³/mol. The van der Waals surface area contributed by atoms with E-state index in [9.17, 15) is 4.79 Å². The van der Waals surface area contributed by atoms with Crippen LogP contribution in [0.5, 0.6) is 0 Å². The number of hydrogen-bond donors (Lipinski definition) is 3. The molecule has 0 unspecified atom stereocenters. The fourth-order valence-electron chi connectivity index (χ4n) is 2.57. The quantitative estimate of drug-likeness (QED) is 0.577. The van der Waals surface area contributed by atoms with Crippen molar-refractivity contribution in [3.05, 3.63) is 54.1 Å². The zero-order valence-electron chi connectivity index (χ0n) is 14.6. The number of nitrogens with two attached hydrogens (primary N) is 1. The van der Waals surface area contributed by atoms with Gasteiger partial charge in [0, 0.05) is 12.1 Å². The first-order chi connectivity index (χ1) is 12.2. The largest absolute Gasteiger partial charge is 0.351 e. The summed E-state index contributed by atoms with van der Waals surface area (Å²) in [5.74, 6) is 1.63. The normalized spacial score (nSPS) is 11.8. The topological polar surface area (TPSA) is 83.8 Å². The van der Waals surface area contributed by atoms with Gasteiger partial charge in [0.15, 0.2) is 0 Å². The summed E-state index contributed by atoms with van der Waals surface area (Å²) in [6.45, 7) is 0.478. The monoisotopic (exact) mass is 390 g/mol. The second-order valence-electron chi connectivity index (χ2n) is 5.91. The lowest BCUT2D eigenvalue weighted by molar-refractivity contribution is -0.122. The van der Waals surface area contributed by atoms with Gasteiger partial charge >= 0.3 is 0 Å². The van der Waals surface area contributed by atoms with Crippen LogP contribution in [-0.2, 0) is 11.3 Å². The number of halogens is 1. The van der Waals surface area contributed by atoms with E-state index in [1.54, 1.807) is 11.8 Å². The second kappa shape index (κ2) is 9.62. The van der Waals surface area contributed by atoms with E-state index in [0.29, 0.717) is 13.0 Å². The van der Waals surface area contributed by atoms with Crippen LogP contribution in [0.3, 0.4) is 0 Å². The Bertz CT molecular complexity index is 817. The van der Waals surface area contributed by atoms with Gasteiger partial charge in [-0.3, -0.25) is 4.79 Å². The molecule has 3 rings (SSSR count). The molecular formula is C19H23ClN4OS. The Kier molecular flexibility index (Phi) is 7.50. The molecule has 0 aliphatic carbocycles. The molecule has 26 heavy (non-hydrogen) atoms. The van der Waals surface area contributed by atoms with Crippen LogP contribution in [0.4, 0.5) is 0 Å². The average molecular weight is 391 g/mol. The van der Waals surface area contributed by atoms with Crippen LogP contribution in [0.15, 0.2) is 48.5 Å².